The van der Waals surface area contributed by atoms with Gasteiger partial charge in [-0.25, -0.2) is 15.0 Å². The molecule has 3 aromatic carbocycles. The minimum absolute atomic E-state index is 0. The summed E-state index contributed by atoms with van der Waals surface area (Å²) in [6.45, 7) is 9.06. The van der Waals surface area contributed by atoms with Crippen molar-refractivity contribution in [3.05, 3.63) is 74.8 Å². The molecule has 0 unspecified atom stereocenters. The Bertz CT molecular complexity index is 1960. The fraction of sp³-hybridized carbons (Fsp3) is 0.333. The number of carbonyl (C=O) groups excluding carboxylic acids is 3. The lowest BCUT2D eigenvalue weighted by atomic mass is 10.1. The molecule has 3 N–H and O–H groups in total. The number of carbonyl (C=O) groups is 3. The highest BCUT2D eigenvalue weighted by Crippen LogP contribution is 2.38. The number of aliphatic imine (C=N–C) groups is 3. The first kappa shape index (κ1) is 35.2. The van der Waals surface area contributed by atoms with Crippen LogP contribution in [0.25, 0.3) is 0 Å². The van der Waals surface area contributed by atoms with Crippen molar-refractivity contribution in [3.8, 4) is 11.5 Å². The second-order valence-electron chi connectivity index (χ2n) is 12.5. The number of rotatable bonds is 2. The van der Waals surface area contributed by atoms with E-state index >= 15 is 0 Å². The van der Waals surface area contributed by atoms with Crippen LogP contribution in [0.1, 0.15) is 40.8 Å². The third-order valence-corrected chi connectivity index (χ3v) is 9.59. The first-order chi connectivity index (χ1) is 24.0. The summed E-state index contributed by atoms with van der Waals surface area (Å²) in [6.07, 6.45) is 0. The van der Waals surface area contributed by atoms with Gasteiger partial charge in [-0.15, -0.1) is 0 Å². The maximum Gasteiger partial charge on any atom is 0.246 e. The van der Waals surface area contributed by atoms with Crippen molar-refractivity contribution in [1.82, 2.24) is 30.7 Å². The molecule has 0 spiro atoms. The molecule has 14 nitrogen and oxygen atoms in total. The van der Waals surface area contributed by atoms with Crippen molar-refractivity contribution in [3.63, 3.8) is 0 Å². The molecule has 6 aliphatic rings. The molecule has 0 aromatic heterocycles. The van der Waals surface area contributed by atoms with Crippen LogP contribution in [0.3, 0.4) is 0 Å². The summed E-state index contributed by atoms with van der Waals surface area (Å²) in [4.78, 5) is 52.9. The van der Waals surface area contributed by atoms with Gasteiger partial charge in [0.15, 0.2) is 0 Å². The number of benzene rings is 3. The lowest BCUT2D eigenvalue weighted by Gasteiger charge is -2.25. The van der Waals surface area contributed by atoms with E-state index in [9.17, 15) is 14.4 Å². The number of halogens is 1. The van der Waals surface area contributed by atoms with Gasteiger partial charge in [-0.1, -0.05) is 37.2 Å². The standard InChI is InChI=1S/2C12H13N3O2.C11H10ClN3O.CH4/c2*1-7-3-4-9-8(11(7)17-2)5-15-6-10(16)14-12(15)13-9;1-6-2-3-8-7(10(6)12)4-15-5-9(16)14-11(15)13-8;/h2*3-4H,5-6H2,1-2H3,(H,13,14,16);2-3H,4-5H2,1H3,(H,13,14,16);1H4. The molecule has 3 amide bonds. The molecule has 51 heavy (non-hydrogen) atoms. The Kier molecular flexibility index (Phi) is 9.62. The van der Waals surface area contributed by atoms with Gasteiger partial charge in [0.05, 0.1) is 49.4 Å². The summed E-state index contributed by atoms with van der Waals surface area (Å²) in [5, 5.41) is 8.96. The van der Waals surface area contributed by atoms with E-state index in [0.717, 1.165) is 67.0 Å². The summed E-state index contributed by atoms with van der Waals surface area (Å²) in [7, 11) is 3.32. The highest BCUT2D eigenvalue weighted by Gasteiger charge is 2.33. The van der Waals surface area contributed by atoms with Crippen LogP contribution in [0.2, 0.25) is 5.02 Å². The van der Waals surface area contributed by atoms with Crippen LogP contribution in [0.15, 0.2) is 51.4 Å². The maximum atomic E-state index is 11.3. The van der Waals surface area contributed by atoms with E-state index in [0.29, 0.717) is 57.1 Å². The highest BCUT2D eigenvalue weighted by molar-refractivity contribution is 6.32. The molecule has 9 rings (SSSR count). The van der Waals surface area contributed by atoms with Crippen LogP contribution < -0.4 is 25.4 Å². The van der Waals surface area contributed by atoms with E-state index in [2.05, 4.69) is 30.9 Å². The zero-order valence-electron chi connectivity index (χ0n) is 28.3. The fourth-order valence-electron chi connectivity index (χ4n) is 6.61. The van der Waals surface area contributed by atoms with Gasteiger partial charge in [0, 0.05) is 23.2 Å². The molecule has 0 aliphatic carbocycles. The zero-order chi connectivity index (χ0) is 35.3. The van der Waals surface area contributed by atoms with E-state index in [1.54, 1.807) is 14.2 Å². The van der Waals surface area contributed by atoms with E-state index in [4.69, 9.17) is 21.1 Å². The minimum Gasteiger partial charge on any atom is -0.496 e. The number of methoxy groups -OCH3 is 2. The van der Waals surface area contributed by atoms with Gasteiger partial charge in [0.25, 0.3) is 0 Å². The van der Waals surface area contributed by atoms with Gasteiger partial charge in [-0.3, -0.25) is 30.3 Å². The largest absolute Gasteiger partial charge is 0.496 e. The van der Waals surface area contributed by atoms with Gasteiger partial charge in [0.1, 0.15) is 31.1 Å². The molecule has 15 heteroatoms. The molecule has 3 fully saturated rings. The fourth-order valence-corrected chi connectivity index (χ4v) is 6.83. The van der Waals surface area contributed by atoms with Crippen LogP contribution in [-0.4, -0.2) is 84.2 Å². The number of ether oxygens (including phenoxy) is 2. The molecular weight excluding hydrogens is 674 g/mol. The van der Waals surface area contributed by atoms with Gasteiger partial charge < -0.3 is 24.2 Å². The molecule has 6 heterocycles. The Morgan fingerprint density at radius 1 is 0.549 bits per heavy atom. The second kappa shape index (κ2) is 13.9. The SMILES string of the molecule is C.COc1c(C)ccc2c1CN1CC(=O)NC1=N2.COc1c(C)ccc2c1CN1CC(=O)NC1=N2.Cc1ccc2c(c1Cl)CN1CC(=O)NC1=N2. The second-order valence-corrected chi connectivity index (χ2v) is 12.9. The number of nitrogens with zero attached hydrogens (tertiary/aromatic N) is 6. The van der Waals surface area contributed by atoms with Crippen molar-refractivity contribution in [1.29, 1.82) is 0 Å². The third kappa shape index (κ3) is 6.66. The number of nitrogens with one attached hydrogen (secondary N) is 3. The van der Waals surface area contributed by atoms with Gasteiger partial charge in [0.2, 0.25) is 35.6 Å². The van der Waals surface area contributed by atoms with Gasteiger partial charge in [-0.05, 0) is 55.7 Å². The number of fused-ring (bicyclic) bond motifs is 6. The number of amides is 3. The normalized spacial score (nSPS) is 17.0. The number of aryl methyl sites for hydroxylation is 3. The summed E-state index contributed by atoms with van der Waals surface area (Å²) < 4.78 is 10.8. The van der Waals surface area contributed by atoms with Crippen molar-refractivity contribution >= 4 is 64.3 Å². The Balaban J connectivity index is 0.000000131. The number of hydrogen-bond acceptors (Lipinski definition) is 11. The van der Waals surface area contributed by atoms with E-state index < -0.39 is 0 Å². The van der Waals surface area contributed by atoms with Gasteiger partial charge in [-0.2, -0.15) is 0 Å². The lowest BCUT2D eigenvalue weighted by molar-refractivity contribution is -0.119. The molecule has 3 saturated heterocycles. The average molecular weight is 714 g/mol. The molecular formula is C36H40ClN9O5. The molecule has 266 valence electrons. The summed E-state index contributed by atoms with van der Waals surface area (Å²) in [6, 6.07) is 11.8. The monoisotopic (exact) mass is 713 g/mol. The first-order valence-corrected chi connectivity index (χ1v) is 16.4. The van der Waals surface area contributed by atoms with Crippen molar-refractivity contribution in [2.45, 2.75) is 47.8 Å². The van der Waals surface area contributed by atoms with Crippen molar-refractivity contribution in [2.75, 3.05) is 33.9 Å². The van der Waals surface area contributed by atoms with Crippen LogP contribution in [0, 0.1) is 20.8 Å². The van der Waals surface area contributed by atoms with Gasteiger partial charge >= 0.3 is 0 Å². The highest BCUT2D eigenvalue weighted by atomic mass is 35.5. The van der Waals surface area contributed by atoms with E-state index in [1.807, 2.05) is 71.9 Å². The quantitative estimate of drug-likeness (QED) is 0.359. The van der Waals surface area contributed by atoms with E-state index in [1.165, 1.54) is 0 Å². The Labute approximate surface area is 301 Å². The van der Waals surface area contributed by atoms with Crippen LogP contribution in [0.4, 0.5) is 17.1 Å². The Morgan fingerprint density at radius 3 is 1.25 bits per heavy atom. The molecule has 3 aromatic rings. The average Bonchev–Trinajstić information content (AvgIpc) is 3.77. The third-order valence-electron chi connectivity index (χ3n) is 9.07. The topological polar surface area (TPSA) is 153 Å². The summed E-state index contributed by atoms with van der Waals surface area (Å²) in [5.74, 6) is 3.63. The summed E-state index contributed by atoms with van der Waals surface area (Å²) >= 11 is 6.24. The summed E-state index contributed by atoms with van der Waals surface area (Å²) in [5.41, 5.74) is 8.91. The Morgan fingerprint density at radius 2 is 0.882 bits per heavy atom. The van der Waals surface area contributed by atoms with Crippen LogP contribution in [-0.2, 0) is 34.0 Å². The predicted molar refractivity (Wildman–Crippen MR) is 195 cm³/mol. The molecule has 6 aliphatic heterocycles. The first-order valence-electron chi connectivity index (χ1n) is 16.0. The van der Waals surface area contributed by atoms with Crippen molar-refractivity contribution < 1.29 is 23.9 Å². The molecule has 0 radical (unpaired) electrons. The number of guanidine groups is 3. The zero-order valence-corrected chi connectivity index (χ0v) is 29.1. The lowest BCUT2D eigenvalue weighted by Crippen LogP contribution is -2.32. The maximum absolute atomic E-state index is 11.3. The van der Waals surface area contributed by atoms with Crippen LogP contribution >= 0.6 is 11.6 Å². The Hall–Kier alpha value is -5.63. The minimum atomic E-state index is -0.0144. The molecule has 0 atom stereocenters. The van der Waals surface area contributed by atoms with Crippen molar-refractivity contribution in [2.24, 2.45) is 15.0 Å². The molecule has 0 bridgehead atoms. The van der Waals surface area contributed by atoms with Crippen LogP contribution in [0.5, 0.6) is 11.5 Å². The smallest absolute Gasteiger partial charge is 0.246 e. The van der Waals surface area contributed by atoms with E-state index in [-0.39, 0.29) is 25.1 Å². The number of hydrogen-bond donors (Lipinski definition) is 3. The molecule has 0 saturated carbocycles. The predicted octanol–water partition coefficient (Wildman–Crippen LogP) is 4.09.